The van der Waals surface area contributed by atoms with Crippen LogP contribution in [0.3, 0.4) is 0 Å². The predicted molar refractivity (Wildman–Crippen MR) is 275 cm³/mol. The van der Waals surface area contributed by atoms with Crippen molar-refractivity contribution in [2.45, 2.75) is 0 Å². The maximum absolute atomic E-state index is 5.61. The van der Waals surface area contributed by atoms with Crippen molar-refractivity contribution in [3.05, 3.63) is 193 Å². The number of aromatic amines is 2. The van der Waals surface area contributed by atoms with Crippen LogP contribution in [0.2, 0.25) is 0 Å². The van der Waals surface area contributed by atoms with Crippen molar-refractivity contribution in [1.29, 1.82) is 0 Å². The SMILES string of the molecule is C[n+]1cccc2cc(-c3c4nc(c(-c5ccc6c(ccc[n+]6C)c5)c5ccc([nH]5)c(-c5ccc6c(ccc[n+]6C)c5)c5nc(c(-c6ccc7c(ccc[n+]7C)c6)c6ccc3[nH]6)C=C5)C=C4)ccc21. The Hall–Kier alpha value is -8.88. The summed E-state index contributed by atoms with van der Waals surface area (Å²) >= 11 is 0. The van der Waals surface area contributed by atoms with Gasteiger partial charge in [0.2, 0.25) is 22.1 Å². The normalized spacial score (nSPS) is 12.3. The second-order valence-electron chi connectivity index (χ2n) is 18.1. The Morgan fingerprint density at radius 1 is 0.309 bits per heavy atom. The smallest absolute Gasteiger partial charge is 0.212 e. The van der Waals surface area contributed by atoms with Gasteiger partial charge in [-0.05, 0) is 144 Å². The van der Waals surface area contributed by atoms with Gasteiger partial charge in [-0.2, -0.15) is 0 Å². The Kier molecular flexibility index (Phi) is 8.92. The molecule has 8 bridgehead atoms. The van der Waals surface area contributed by atoms with Crippen LogP contribution in [-0.2, 0) is 28.2 Å². The average molecular weight is 879 g/mol. The zero-order chi connectivity index (χ0) is 45.6. The fourth-order valence-electron chi connectivity index (χ4n) is 10.5. The van der Waals surface area contributed by atoms with E-state index in [0.717, 1.165) is 133 Å². The number of benzene rings is 4. The van der Waals surface area contributed by atoms with Crippen molar-refractivity contribution in [2.75, 3.05) is 0 Å². The molecule has 8 heteroatoms. The summed E-state index contributed by atoms with van der Waals surface area (Å²) in [5, 5.41) is 4.61. The van der Waals surface area contributed by atoms with Gasteiger partial charge in [0.25, 0.3) is 0 Å². The summed E-state index contributed by atoms with van der Waals surface area (Å²) in [6, 6.07) is 52.8. The maximum Gasteiger partial charge on any atom is 0.212 e. The van der Waals surface area contributed by atoms with Gasteiger partial charge in [-0.3, -0.25) is 0 Å². The van der Waals surface area contributed by atoms with Crippen LogP contribution >= 0.6 is 0 Å². The topological polar surface area (TPSA) is 72.9 Å². The van der Waals surface area contributed by atoms with E-state index in [2.05, 4.69) is 251 Å². The molecule has 9 heterocycles. The molecule has 2 N–H and O–H groups in total. The lowest BCUT2D eigenvalue weighted by Gasteiger charge is -2.08. The molecule has 322 valence electrons. The first-order valence-corrected chi connectivity index (χ1v) is 23.0. The van der Waals surface area contributed by atoms with E-state index in [1.54, 1.807) is 0 Å². The number of nitrogens with one attached hydrogen (secondary N) is 2. The number of H-pyrrole nitrogens is 2. The van der Waals surface area contributed by atoms with Gasteiger partial charge in [-0.1, -0.05) is 0 Å². The van der Waals surface area contributed by atoms with Crippen LogP contribution < -0.4 is 18.3 Å². The number of aryl methyl sites for hydroxylation is 4. The van der Waals surface area contributed by atoms with E-state index in [0.29, 0.717) is 0 Å². The highest BCUT2D eigenvalue weighted by molar-refractivity contribution is 6.02. The zero-order valence-electron chi connectivity index (χ0n) is 38.2. The van der Waals surface area contributed by atoms with Crippen LogP contribution in [0, 0.1) is 0 Å². The third kappa shape index (κ3) is 6.44. The summed E-state index contributed by atoms with van der Waals surface area (Å²) in [7, 11) is 8.37. The molecule has 0 atom stereocenters. The maximum atomic E-state index is 5.61. The zero-order valence-corrected chi connectivity index (χ0v) is 38.2. The number of hydrogen-bond acceptors (Lipinski definition) is 2. The van der Waals surface area contributed by atoms with E-state index < -0.39 is 0 Å². The van der Waals surface area contributed by atoms with Gasteiger partial charge >= 0.3 is 0 Å². The highest BCUT2D eigenvalue weighted by Gasteiger charge is 2.21. The number of rotatable bonds is 4. The van der Waals surface area contributed by atoms with Crippen LogP contribution in [0.15, 0.2) is 170 Å². The quantitative estimate of drug-likeness (QED) is 0.173. The first-order valence-electron chi connectivity index (χ1n) is 23.0. The molecular weight excluding hydrogens is 833 g/mol. The van der Waals surface area contributed by atoms with Gasteiger partial charge in [0, 0.05) is 114 Å². The summed E-state index contributed by atoms with van der Waals surface area (Å²) in [6.45, 7) is 0. The van der Waals surface area contributed by atoms with Crippen LogP contribution in [0.1, 0.15) is 22.8 Å². The molecule has 11 aromatic rings. The standard InChI is InChI=1S/C60H46N8/c1-65-29-5-9-37-33-41(13-25-53(37)65)57-45-17-19-47(61-45)58(42-14-26-54-38(34-42)10-6-30-66(54)2)49-21-23-51(63-49)60(44-16-28-56-40(36-44)12-8-32-68(56)4)52-24-22-50(64-52)59(48-20-18-46(57)62-48)43-15-27-55-39(35-43)11-7-31-67(55)3/h5-36,61,64H,1-4H3/q+4. The minimum Gasteiger partial charge on any atom is -0.354 e. The second kappa shape index (κ2) is 15.4. The van der Waals surface area contributed by atoms with E-state index in [1.165, 1.54) is 0 Å². The summed E-state index contributed by atoms with van der Waals surface area (Å²) in [5.74, 6) is 0. The molecule has 0 aliphatic carbocycles. The molecule has 0 radical (unpaired) electrons. The Morgan fingerprint density at radius 3 is 0.809 bits per heavy atom. The Bertz CT molecular complexity index is 3680. The number of pyridine rings is 4. The van der Waals surface area contributed by atoms with Gasteiger partial charge in [-0.15, -0.1) is 0 Å². The fraction of sp³-hybridized carbons (Fsp3) is 0.0667. The van der Waals surface area contributed by atoms with Crippen LogP contribution in [0.4, 0.5) is 0 Å². The molecule has 2 aliphatic heterocycles. The molecule has 13 rings (SSSR count). The molecule has 4 aromatic carbocycles. The fourth-order valence-corrected chi connectivity index (χ4v) is 10.5. The van der Waals surface area contributed by atoms with E-state index in [-0.39, 0.29) is 0 Å². The molecule has 7 aromatic heterocycles. The first kappa shape index (κ1) is 39.5. The minimum absolute atomic E-state index is 0.877. The van der Waals surface area contributed by atoms with Crippen molar-refractivity contribution < 1.29 is 18.3 Å². The highest BCUT2D eigenvalue weighted by Crippen LogP contribution is 2.40. The molecule has 68 heavy (non-hydrogen) atoms. The summed E-state index contributed by atoms with van der Waals surface area (Å²) in [6.07, 6.45) is 17.1. The molecule has 0 saturated carbocycles. The van der Waals surface area contributed by atoms with Gasteiger partial charge < -0.3 is 9.97 Å². The van der Waals surface area contributed by atoms with Crippen molar-refractivity contribution in [3.63, 3.8) is 0 Å². The highest BCUT2D eigenvalue weighted by atomic mass is 14.9. The van der Waals surface area contributed by atoms with E-state index >= 15 is 0 Å². The van der Waals surface area contributed by atoms with Crippen molar-refractivity contribution in [2.24, 2.45) is 28.2 Å². The Balaban J connectivity index is 1.18. The van der Waals surface area contributed by atoms with Crippen LogP contribution in [0.5, 0.6) is 0 Å². The third-order valence-electron chi connectivity index (χ3n) is 13.9. The largest absolute Gasteiger partial charge is 0.354 e. The van der Waals surface area contributed by atoms with Gasteiger partial charge in [0.05, 0.1) is 22.8 Å². The molecule has 0 fully saturated rings. The monoisotopic (exact) mass is 878 g/mol. The average Bonchev–Trinajstić information content (AvgIpc) is 4.21. The Morgan fingerprint density at radius 2 is 0.559 bits per heavy atom. The summed E-state index contributed by atoms with van der Waals surface area (Å²) < 4.78 is 8.66. The molecule has 8 nitrogen and oxygen atoms in total. The lowest BCUT2D eigenvalue weighted by Crippen LogP contribution is -2.27. The van der Waals surface area contributed by atoms with Crippen LogP contribution in [0.25, 0.3) is 134 Å². The predicted octanol–water partition coefficient (Wildman–Crippen LogP) is 11.2. The summed E-state index contributed by atoms with van der Waals surface area (Å²) in [5.41, 5.74) is 20.3. The molecule has 0 spiro atoms. The van der Waals surface area contributed by atoms with E-state index in [1.807, 2.05) is 0 Å². The molecule has 0 amide bonds. The third-order valence-corrected chi connectivity index (χ3v) is 13.9. The minimum atomic E-state index is 0.877. The molecule has 2 aliphatic rings. The molecule has 0 unspecified atom stereocenters. The molecular formula is C60H46N8+4. The second-order valence-corrected chi connectivity index (χ2v) is 18.1. The number of nitrogens with zero attached hydrogens (tertiary/aromatic N) is 6. The Labute approximate surface area is 392 Å². The van der Waals surface area contributed by atoms with Crippen molar-refractivity contribution in [1.82, 2.24) is 19.9 Å². The number of fused-ring (bicyclic) bond motifs is 12. The van der Waals surface area contributed by atoms with Crippen molar-refractivity contribution in [3.8, 4) is 44.5 Å². The van der Waals surface area contributed by atoms with E-state index in [9.17, 15) is 0 Å². The number of hydrogen-bond donors (Lipinski definition) is 2. The molecule has 0 saturated heterocycles. The number of aromatic nitrogens is 8. The van der Waals surface area contributed by atoms with E-state index in [4.69, 9.17) is 9.97 Å². The van der Waals surface area contributed by atoms with Gasteiger partial charge in [0.15, 0.2) is 24.8 Å². The van der Waals surface area contributed by atoms with Crippen molar-refractivity contribution >= 4 is 90.0 Å². The summed E-state index contributed by atoms with van der Waals surface area (Å²) in [4.78, 5) is 19.1. The lowest BCUT2D eigenvalue weighted by atomic mass is 10.0. The van der Waals surface area contributed by atoms with Crippen LogP contribution in [-0.4, -0.2) is 19.9 Å². The lowest BCUT2D eigenvalue weighted by molar-refractivity contribution is -0.645. The van der Waals surface area contributed by atoms with Gasteiger partial charge in [-0.25, -0.2) is 28.2 Å². The first-order chi connectivity index (χ1) is 33.3. The van der Waals surface area contributed by atoms with Gasteiger partial charge in [0.1, 0.15) is 28.2 Å².